The SMILES string of the molecule is CC(C)CNCCC(C)c1ccc(C2CCC2)cc1. The molecule has 0 aromatic heterocycles. The molecule has 1 nitrogen and oxygen atoms in total. The second-order valence-corrected chi connectivity index (χ2v) is 6.58. The van der Waals surface area contributed by atoms with Crippen molar-refractivity contribution in [2.45, 2.75) is 58.3 Å². The Bertz CT molecular complexity index is 362. The smallest absolute Gasteiger partial charge is 0.00258 e. The summed E-state index contributed by atoms with van der Waals surface area (Å²) in [6.45, 7) is 9.12. The minimum atomic E-state index is 0.662. The normalized spacial score (nSPS) is 17.5. The molecule has 0 spiro atoms. The van der Waals surface area contributed by atoms with Crippen LogP contribution in [0.3, 0.4) is 0 Å². The zero-order chi connectivity index (χ0) is 13.7. The molecule has 1 saturated carbocycles. The average Bonchev–Trinajstić information content (AvgIpc) is 2.33. The number of hydrogen-bond acceptors (Lipinski definition) is 1. The van der Waals surface area contributed by atoms with Crippen LogP contribution in [0, 0.1) is 5.92 Å². The Morgan fingerprint density at radius 3 is 2.32 bits per heavy atom. The minimum Gasteiger partial charge on any atom is -0.316 e. The fourth-order valence-electron chi connectivity index (χ4n) is 2.71. The summed E-state index contributed by atoms with van der Waals surface area (Å²) in [5.74, 6) is 2.27. The van der Waals surface area contributed by atoms with Crippen LogP contribution >= 0.6 is 0 Å². The average molecular weight is 259 g/mol. The van der Waals surface area contributed by atoms with Crippen LogP contribution in [0.2, 0.25) is 0 Å². The van der Waals surface area contributed by atoms with Crippen LogP contribution in [0.25, 0.3) is 0 Å². The Labute approximate surface area is 118 Å². The second kappa shape index (κ2) is 7.09. The number of nitrogens with one attached hydrogen (secondary N) is 1. The highest BCUT2D eigenvalue weighted by Gasteiger charge is 2.19. The highest BCUT2D eigenvalue weighted by atomic mass is 14.8. The first-order valence-corrected chi connectivity index (χ1v) is 7.97. The van der Waals surface area contributed by atoms with E-state index in [1.54, 1.807) is 5.56 Å². The lowest BCUT2D eigenvalue weighted by atomic mass is 9.79. The molecule has 1 aliphatic rings. The van der Waals surface area contributed by atoms with E-state index in [4.69, 9.17) is 0 Å². The van der Waals surface area contributed by atoms with Gasteiger partial charge in [0, 0.05) is 0 Å². The molecule has 19 heavy (non-hydrogen) atoms. The maximum Gasteiger partial charge on any atom is -0.00258 e. The zero-order valence-corrected chi connectivity index (χ0v) is 12.8. The summed E-state index contributed by atoms with van der Waals surface area (Å²) in [4.78, 5) is 0. The van der Waals surface area contributed by atoms with E-state index in [1.807, 2.05) is 0 Å². The summed E-state index contributed by atoms with van der Waals surface area (Å²) in [6, 6.07) is 9.41. The number of hydrogen-bond donors (Lipinski definition) is 1. The van der Waals surface area contributed by atoms with E-state index in [0.717, 1.165) is 24.9 Å². The third-order valence-corrected chi connectivity index (χ3v) is 4.39. The van der Waals surface area contributed by atoms with Crippen molar-refractivity contribution in [3.05, 3.63) is 35.4 Å². The summed E-state index contributed by atoms with van der Waals surface area (Å²) in [7, 11) is 0. The first kappa shape index (κ1) is 14.6. The molecule has 2 rings (SSSR count). The summed E-state index contributed by atoms with van der Waals surface area (Å²) >= 11 is 0. The van der Waals surface area contributed by atoms with Gasteiger partial charge in [-0.3, -0.25) is 0 Å². The van der Waals surface area contributed by atoms with Gasteiger partial charge in [-0.1, -0.05) is 51.5 Å². The molecule has 1 N–H and O–H groups in total. The highest BCUT2D eigenvalue weighted by molar-refractivity contribution is 5.28. The van der Waals surface area contributed by atoms with Gasteiger partial charge < -0.3 is 5.32 Å². The first-order chi connectivity index (χ1) is 9.16. The molecule has 1 unspecified atom stereocenters. The molecule has 0 bridgehead atoms. The van der Waals surface area contributed by atoms with E-state index in [9.17, 15) is 0 Å². The van der Waals surface area contributed by atoms with E-state index < -0.39 is 0 Å². The largest absolute Gasteiger partial charge is 0.316 e. The number of rotatable bonds is 7. The molecule has 0 radical (unpaired) electrons. The zero-order valence-electron chi connectivity index (χ0n) is 12.8. The van der Waals surface area contributed by atoms with Crippen LogP contribution in [0.1, 0.15) is 69.4 Å². The van der Waals surface area contributed by atoms with E-state index in [-0.39, 0.29) is 0 Å². The van der Waals surface area contributed by atoms with Gasteiger partial charge in [-0.25, -0.2) is 0 Å². The fourth-order valence-corrected chi connectivity index (χ4v) is 2.71. The molecule has 1 aliphatic carbocycles. The highest BCUT2D eigenvalue weighted by Crippen LogP contribution is 2.36. The summed E-state index contributed by atoms with van der Waals surface area (Å²) in [5.41, 5.74) is 3.05. The second-order valence-electron chi connectivity index (χ2n) is 6.58. The van der Waals surface area contributed by atoms with Gasteiger partial charge in [0.1, 0.15) is 0 Å². The van der Waals surface area contributed by atoms with Crippen molar-refractivity contribution in [3.63, 3.8) is 0 Å². The van der Waals surface area contributed by atoms with Gasteiger partial charge in [-0.2, -0.15) is 0 Å². The Morgan fingerprint density at radius 2 is 1.79 bits per heavy atom. The molecule has 0 amide bonds. The lowest BCUT2D eigenvalue weighted by Gasteiger charge is -2.26. The third-order valence-electron chi connectivity index (χ3n) is 4.39. The molecule has 0 saturated heterocycles. The van der Waals surface area contributed by atoms with E-state index in [2.05, 4.69) is 50.4 Å². The Kier molecular flexibility index (Phi) is 5.45. The molecule has 1 aromatic rings. The van der Waals surface area contributed by atoms with Crippen molar-refractivity contribution in [1.82, 2.24) is 5.32 Å². The standard InChI is InChI=1S/C18H29N/c1-14(2)13-19-12-11-15(3)16-7-9-18(10-8-16)17-5-4-6-17/h7-10,14-15,17,19H,4-6,11-13H2,1-3H3. The predicted octanol–water partition coefficient (Wildman–Crippen LogP) is 4.69. The lowest BCUT2D eigenvalue weighted by Crippen LogP contribution is -2.21. The van der Waals surface area contributed by atoms with Crippen molar-refractivity contribution in [1.29, 1.82) is 0 Å². The fraction of sp³-hybridized carbons (Fsp3) is 0.667. The molecule has 0 aliphatic heterocycles. The molecule has 106 valence electrons. The molecule has 1 atom stereocenters. The van der Waals surface area contributed by atoms with Gasteiger partial charge in [0.05, 0.1) is 0 Å². The van der Waals surface area contributed by atoms with E-state index in [0.29, 0.717) is 5.92 Å². The van der Waals surface area contributed by atoms with Crippen LogP contribution in [0.4, 0.5) is 0 Å². The Morgan fingerprint density at radius 1 is 1.11 bits per heavy atom. The molecule has 1 aromatic carbocycles. The number of benzene rings is 1. The summed E-state index contributed by atoms with van der Waals surface area (Å²) in [5, 5.41) is 3.53. The van der Waals surface area contributed by atoms with Crippen molar-refractivity contribution >= 4 is 0 Å². The third kappa shape index (κ3) is 4.35. The van der Waals surface area contributed by atoms with Crippen molar-refractivity contribution < 1.29 is 0 Å². The van der Waals surface area contributed by atoms with Gasteiger partial charge in [0.2, 0.25) is 0 Å². The van der Waals surface area contributed by atoms with Crippen LogP contribution in [-0.4, -0.2) is 13.1 Å². The van der Waals surface area contributed by atoms with E-state index in [1.165, 1.54) is 31.2 Å². The van der Waals surface area contributed by atoms with Gasteiger partial charge in [0.15, 0.2) is 0 Å². The van der Waals surface area contributed by atoms with Gasteiger partial charge in [0.25, 0.3) is 0 Å². The quantitative estimate of drug-likeness (QED) is 0.700. The Hall–Kier alpha value is -0.820. The van der Waals surface area contributed by atoms with Crippen LogP contribution in [0.5, 0.6) is 0 Å². The minimum absolute atomic E-state index is 0.662. The van der Waals surface area contributed by atoms with Gasteiger partial charge in [-0.05, 0) is 61.2 Å². The monoisotopic (exact) mass is 259 g/mol. The predicted molar refractivity (Wildman–Crippen MR) is 83.8 cm³/mol. The molecular weight excluding hydrogens is 230 g/mol. The Balaban J connectivity index is 1.76. The topological polar surface area (TPSA) is 12.0 Å². The van der Waals surface area contributed by atoms with Crippen molar-refractivity contribution in [2.24, 2.45) is 5.92 Å². The van der Waals surface area contributed by atoms with Crippen LogP contribution in [-0.2, 0) is 0 Å². The van der Waals surface area contributed by atoms with Crippen molar-refractivity contribution in [3.8, 4) is 0 Å². The summed E-state index contributed by atoms with van der Waals surface area (Å²) < 4.78 is 0. The van der Waals surface area contributed by atoms with Crippen molar-refractivity contribution in [2.75, 3.05) is 13.1 Å². The molecule has 1 fully saturated rings. The van der Waals surface area contributed by atoms with Gasteiger partial charge >= 0.3 is 0 Å². The molecular formula is C18H29N. The van der Waals surface area contributed by atoms with E-state index >= 15 is 0 Å². The van der Waals surface area contributed by atoms with Gasteiger partial charge in [-0.15, -0.1) is 0 Å². The molecule has 0 heterocycles. The maximum absolute atomic E-state index is 3.53. The lowest BCUT2D eigenvalue weighted by molar-refractivity contribution is 0.419. The van der Waals surface area contributed by atoms with Crippen LogP contribution < -0.4 is 5.32 Å². The maximum atomic E-state index is 3.53. The molecule has 1 heteroatoms. The summed E-state index contributed by atoms with van der Waals surface area (Å²) in [6.07, 6.45) is 5.45. The first-order valence-electron chi connectivity index (χ1n) is 7.97. The van der Waals surface area contributed by atoms with Crippen LogP contribution in [0.15, 0.2) is 24.3 Å².